The molecule has 0 bridgehead atoms. The molecule has 1 aromatic carbocycles. The molecule has 27 heavy (non-hydrogen) atoms. The van der Waals surface area contributed by atoms with E-state index in [1.54, 1.807) is 16.9 Å². The SMILES string of the molecule is CC(C)c1ccc(-c2ccnc3c(C(=O)NCC4CCCO4)cnn23)cc1. The van der Waals surface area contributed by atoms with E-state index < -0.39 is 0 Å². The van der Waals surface area contributed by atoms with E-state index in [4.69, 9.17) is 4.74 Å². The van der Waals surface area contributed by atoms with Crippen molar-refractivity contribution in [2.24, 2.45) is 0 Å². The number of fused-ring (bicyclic) bond motifs is 1. The highest BCUT2D eigenvalue weighted by Gasteiger charge is 2.20. The molecule has 3 heterocycles. The van der Waals surface area contributed by atoms with Crippen LogP contribution in [-0.2, 0) is 4.74 Å². The minimum absolute atomic E-state index is 0.110. The van der Waals surface area contributed by atoms with Crippen molar-refractivity contribution in [1.82, 2.24) is 19.9 Å². The molecule has 4 rings (SSSR count). The van der Waals surface area contributed by atoms with Gasteiger partial charge in [-0.1, -0.05) is 38.1 Å². The fraction of sp³-hybridized carbons (Fsp3) is 0.381. The largest absolute Gasteiger partial charge is 0.376 e. The quantitative estimate of drug-likeness (QED) is 0.753. The summed E-state index contributed by atoms with van der Waals surface area (Å²) in [5.74, 6) is 0.320. The standard InChI is InChI=1S/C21H24N4O2/c1-14(2)15-5-7-16(8-6-15)19-9-10-22-20-18(13-24-25(19)20)21(26)23-12-17-4-3-11-27-17/h5-10,13-14,17H,3-4,11-12H2,1-2H3,(H,23,26). The summed E-state index contributed by atoms with van der Waals surface area (Å²) in [5, 5.41) is 7.36. The Hall–Kier alpha value is -2.73. The Morgan fingerprint density at radius 2 is 2.11 bits per heavy atom. The first-order valence-corrected chi connectivity index (χ1v) is 9.46. The lowest BCUT2D eigenvalue weighted by Crippen LogP contribution is -2.31. The highest BCUT2D eigenvalue weighted by Crippen LogP contribution is 2.23. The summed E-state index contributed by atoms with van der Waals surface area (Å²) in [7, 11) is 0. The van der Waals surface area contributed by atoms with Gasteiger partial charge in [0.05, 0.1) is 18.0 Å². The number of hydrogen-bond donors (Lipinski definition) is 1. The fourth-order valence-electron chi connectivity index (χ4n) is 3.42. The maximum atomic E-state index is 12.6. The third kappa shape index (κ3) is 3.57. The molecular formula is C21H24N4O2. The Morgan fingerprint density at radius 1 is 1.30 bits per heavy atom. The summed E-state index contributed by atoms with van der Waals surface area (Å²) in [4.78, 5) is 17.0. The molecule has 2 aromatic heterocycles. The van der Waals surface area contributed by atoms with Crippen LogP contribution in [0.2, 0.25) is 0 Å². The van der Waals surface area contributed by atoms with Crippen LogP contribution in [0.25, 0.3) is 16.9 Å². The van der Waals surface area contributed by atoms with Gasteiger partial charge in [0.1, 0.15) is 5.56 Å². The first-order valence-electron chi connectivity index (χ1n) is 9.46. The molecule has 1 amide bonds. The zero-order chi connectivity index (χ0) is 18.8. The number of nitrogens with zero attached hydrogens (tertiary/aromatic N) is 3. The average Bonchev–Trinajstić information content (AvgIpc) is 3.35. The number of amides is 1. The van der Waals surface area contributed by atoms with Gasteiger partial charge in [-0.25, -0.2) is 9.50 Å². The summed E-state index contributed by atoms with van der Waals surface area (Å²) in [5.41, 5.74) is 4.28. The smallest absolute Gasteiger partial charge is 0.256 e. The Bertz CT molecular complexity index is 940. The van der Waals surface area contributed by atoms with Crippen LogP contribution in [0.3, 0.4) is 0 Å². The van der Waals surface area contributed by atoms with Gasteiger partial charge in [-0.3, -0.25) is 4.79 Å². The molecule has 6 nitrogen and oxygen atoms in total. The molecule has 3 aromatic rings. The third-order valence-electron chi connectivity index (χ3n) is 5.03. The molecule has 1 atom stereocenters. The molecule has 1 aliphatic rings. The Kier molecular flexibility index (Phi) is 4.90. The number of benzene rings is 1. The second kappa shape index (κ2) is 7.48. The summed E-state index contributed by atoms with van der Waals surface area (Å²) in [6.45, 7) is 5.65. The maximum absolute atomic E-state index is 12.6. The van der Waals surface area contributed by atoms with Crippen LogP contribution in [0, 0.1) is 0 Å². The van der Waals surface area contributed by atoms with Gasteiger partial charge in [-0.15, -0.1) is 0 Å². The van der Waals surface area contributed by atoms with E-state index in [2.05, 4.69) is 53.5 Å². The number of hydrogen-bond acceptors (Lipinski definition) is 4. The van der Waals surface area contributed by atoms with Crippen LogP contribution < -0.4 is 5.32 Å². The number of ether oxygens (including phenoxy) is 1. The number of rotatable bonds is 5. The molecule has 0 saturated carbocycles. The van der Waals surface area contributed by atoms with Gasteiger partial charge in [-0.05, 0) is 30.4 Å². The van der Waals surface area contributed by atoms with E-state index in [-0.39, 0.29) is 12.0 Å². The van der Waals surface area contributed by atoms with Gasteiger partial charge < -0.3 is 10.1 Å². The normalized spacial score (nSPS) is 16.9. The van der Waals surface area contributed by atoms with Gasteiger partial charge in [0.2, 0.25) is 0 Å². The Labute approximate surface area is 158 Å². The van der Waals surface area contributed by atoms with Crippen molar-refractivity contribution < 1.29 is 9.53 Å². The van der Waals surface area contributed by atoms with Crippen molar-refractivity contribution >= 4 is 11.6 Å². The van der Waals surface area contributed by atoms with Crippen molar-refractivity contribution in [3.8, 4) is 11.3 Å². The van der Waals surface area contributed by atoms with E-state index in [9.17, 15) is 4.79 Å². The lowest BCUT2D eigenvalue weighted by Gasteiger charge is -2.10. The second-order valence-corrected chi connectivity index (χ2v) is 7.25. The van der Waals surface area contributed by atoms with Crippen LogP contribution >= 0.6 is 0 Å². The zero-order valence-corrected chi connectivity index (χ0v) is 15.7. The predicted octanol–water partition coefficient (Wildman–Crippen LogP) is 3.43. The first-order chi connectivity index (χ1) is 13.1. The van der Waals surface area contributed by atoms with Gasteiger partial charge in [0.25, 0.3) is 5.91 Å². The topological polar surface area (TPSA) is 68.5 Å². The summed E-state index contributed by atoms with van der Waals surface area (Å²) < 4.78 is 7.29. The average molecular weight is 364 g/mol. The van der Waals surface area contributed by atoms with Crippen LogP contribution in [0.15, 0.2) is 42.7 Å². The minimum Gasteiger partial charge on any atom is -0.376 e. The van der Waals surface area contributed by atoms with Crippen LogP contribution in [-0.4, -0.2) is 39.8 Å². The number of carbonyl (C=O) groups excluding carboxylic acids is 1. The van der Waals surface area contributed by atoms with Crippen molar-refractivity contribution in [3.63, 3.8) is 0 Å². The number of carbonyl (C=O) groups is 1. The zero-order valence-electron chi connectivity index (χ0n) is 15.7. The van der Waals surface area contributed by atoms with Crippen molar-refractivity contribution in [2.45, 2.75) is 38.7 Å². The first kappa shape index (κ1) is 17.7. The fourth-order valence-corrected chi connectivity index (χ4v) is 3.42. The monoisotopic (exact) mass is 364 g/mol. The molecule has 1 fully saturated rings. The highest BCUT2D eigenvalue weighted by molar-refractivity contribution is 5.99. The van der Waals surface area contributed by atoms with E-state index in [1.165, 1.54) is 5.56 Å². The van der Waals surface area contributed by atoms with Gasteiger partial charge in [-0.2, -0.15) is 5.10 Å². The molecule has 0 spiro atoms. The number of aromatic nitrogens is 3. The number of nitrogens with one attached hydrogen (secondary N) is 1. The van der Waals surface area contributed by atoms with E-state index in [0.717, 1.165) is 30.7 Å². The van der Waals surface area contributed by atoms with Crippen molar-refractivity contribution in [1.29, 1.82) is 0 Å². The second-order valence-electron chi connectivity index (χ2n) is 7.25. The molecule has 6 heteroatoms. The minimum atomic E-state index is -0.166. The molecule has 0 aliphatic carbocycles. The van der Waals surface area contributed by atoms with Crippen LogP contribution in [0.5, 0.6) is 0 Å². The molecule has 1 aliphatic heterocycles. The molecule has 1 N–H and O–H groups in total. The predicted molar refractivity (Wildman–Crippen MR) is 104 cm³/mol. The van der Waals surface area contributed by atoms with E-state index in [0.29, 0.717) is 23.7 Å². The molecule has 140 valence electrons. The third-order valence-corrected chi connectivity index (χ3v) is 5.03. The maximum Gasteiger partial charge on any atom is 0.256 e. The lowest BCUT2D eigenvalue weighted by molar-refractivity contribution is 0.0859. The Morgan fingerprint density at radius 3 is 2.81 bits per heavy atom. The lowest BCUT2D eigenvalue weighted by atomic mass is 10.0. The Balaban J connectivity index is 1.60. The van der Waals surface area contributed by atoms with E-state index in [1.807, 2.05) is 6.07 Å². The van der Waals surface area contributed by atoms with E-state index >= 15 is 0 Å². The molecule has 1 unspecified atom stereocenters. The van der Waals surface area contributed by atoms with Crippen molar-refractivity contribution in [3.05, 3.63) is 53.9 Å². The van der Waals surface area contributed by atoms with Crippen LogP contribution in [0.1, 0.15) is 48.5 Å². The molecule has 0 radical (unpaired) electrons. The summed E-state index contributed by atoms with van der Waals surface area (Å²) >= 11 is 0. The summed E-state index contributed by atoms with van der Waals surface area (Å²) in [6.07, 6.45) is 5.46. The van der Waals surface area contributed by atoms with Gasteiger partial charge in [0.15, 0.2) is 5.65 Å². The molecular weight excluding hydrogens is 340 g/mol. The molecule has 1 saturated heterocycles. The summed E-state index contributed by atoms with van der Waals surface area (Å²) in [6, 6.07) is 10.3. The van der Waals surface area contributed by atoms with Gasteiger partial charge >= 0.3 is 0 Å². The highest BCUT2D eigenvalue weighted by atomic mass is 16.5. The van der Waals surface area contributed by atoms with Gasteiger partial charge in [0, 0.05) is 24.9 Å². The van der Waals surface area contributed by atoms with Crippen LogP contribution in [0.4, 0.5) is 0 Å². The van der Waals surface area contributed by atoms with Crippen molar-refractivity contribution in [2.75, 3.05) is 13.2 Å².